The van der Waals surface area contributed by atoms with Gasteiger partial charge in [-0.15, -0.1) is 0 Å². The summed E-state index contributed by atoms with van der Waals surface area (Å²) in [6, 6.07) is 0.612. The second-order valence-corrected chi connectivity index (χ2v) is 4.67. The third kappa shape index (κ3) is 3.97. The predicted molar refractivity (Wildman–Crippen MR) is 61.8 cm³/mol. The van der Waals surface area contributed by atoms with E-state index < -0.39 is 0 Å². The van der Waals surface area contributed by atoms with E-state index in [2.05, 4.69) is 12.3 Å². The van der Waals surface area contributed by atoms with Crippen LogP contribution in [-0.4, -0.2) is 6.04 Å². The smallest absolute Gasteiger partial charge is 0.0238 e. The summed E-state index contributed by atoms with van der Waals surface area (Å²) in [5.74, 6) is 6.39. The maximum absolute atomic E-state index is 5.53. The lowest BCUT2D eigenvalue weighted by Crippen LogP contribution is -2.37. The first-order valence-electron chi connectivity index (χ1n) is 6.34. The molecule has 0 aromatic heterocycles. The fourth-order valence-electron chi connectivity index (χ4n) is 2.61. The molecule has 1 fully saturated rings. The van der Waals surface area contributed by atoms with Gasteiger partial charge in [0.25, 0.3) is 0 Å². The van der Waals surface area contributed by atoms with Crippen molar-refractivity contribution in [2.45, 2.75) is 70.8 Å². The van der Waals surface area contributed by atoms with E-state index in [1.807, 2.05) is 0 Å². The third-order valence-corrected chi connectivity index (χ3v) is 3.55. The van der Waals surface area contributed by atoms with Crippen molar-refractivity contribution in [3.63, 3.8) is 0 Å². The second-order valence-electron chi connectivity index (χ2n) is 4.67. The lowest BCUT2D eigenvalue weighted by molar-refractivity contribution is 0.370. The van der Waals surface area contributed by atoms with Crippen molar-refractivity contribution in [3.05, 3.63) is 0 Å². The summed E-state index contributed by atoms with van der Waals surface area (Å²) < 4.78 is 0. The fourth-order valence-corrected chi connectivity index (χ4v) is 2.61. The molecule has 0 aromatic rings. The topological polar surface area (TPSA) is 38.0 Å². The van der Waals surface area contributed by atoms with E-state index in [1.165, 1.54) is 57.8 Å². The van der Waals surface area contributed by atoms with E-state index in [1.54, 1.807) is 0 Å². The first-order valence-corrected chi connectivity index (χ1v) is 6.34. The zero-order valence-electron chi connectivity index (χ0n) is 9.60. The summed E-state index contributed by atoms with van der Waals surface area (Å²) in [6.45, 7) is 2.27. The number of unbranched alkanes of at least 4 members (excludes halogenated alkanes) is 4. The zero-order chi connectivity index (χ0) is 10.2. The van der Waals surface area contributed by atoms with Gasteiger partial charge in [-0.1, -0.05) is 45.4 Å². The van der Waals surface area contributed by atoms with Gasteiger partial charge in [0.1, 0.15) is 0 Å². The van der Waals surface area contributed by atoms with Gasteiger partial charge in [0.05, 0.1) is 0 Å². The Morgan fingerprint density at radius 1 is 1.14 bits per heavy atom. The van der Waals surface area contributed by atoms with Gasteiger partial charge in [-0.05, 0) is 25.2 Å². The molecule has 0 radical (unpaired) electrons. The van der Waals surface area contributed by atoms with Gasteiger partial charge in [-0.25, -0.2) is 0 Å². The first-order chi connectivity index (χ1) is 6.88. The summed E-state index contributed by atoms with van der Waals surface area (Å²) >= 11 is 0. The molecule has 0 bridgehead atoms. The van der Waals surface area contributed by atoms with Crippen LogP contribution in [0.15, 0.2) is 0 Å². The van der Waals surface area contributed by atoms with Crippen molar-refractivity contribution in [2.24, 2.45) is 11.8 Å². The van der Waals surface area contributed by atoms with E-state index in [4.69, 9.17) is 5.84 Å². The SMILES string of the molecule is CCCCCCC[C@H]1CCC[C@H]1NN. The minimum absolute atomic E-state index is 0.612. The third-order valence-electron chi connectivity index (χ3n) is 3.55. The highest BCUT2D eigenvalue weighted by Crippen LogP contribution is 2.29. The molecular formula is C12H26N2. The summed E-state index contributed by atoms with van der Waals surface area (Å²) in [7, 11) is 0. The van der Waals surface area contributed by atoms with Crippen LogP contribution in [-0.2, 0) is 0 Å². The van der Waals surface area contributed by atoms with Crippen LogP contribution in [0.3, 0.4) is 0 Å². The van der Waals surface area contributed by atoms with Gasteiger partial charge in [0.15, 0.2) is 0 Å². The fraction of sp³-hybridized carbons (Fsp3) is 1.00. The van der Waals surface area contributed by atoms with Gasteiger partial charge in [-0.2, -0.15) is 0 Å². The Morgan fingerprint density at radius 2 is 1.93 bits per heavy atom. The first kappa shape index (κ1) is 12.0. The van der Waals surface area contributed by atoms with Crippen molar-refractivity contribution in [1.82, 2.24) is 5.43 Å². The normalized spacial score (nSPS) is 27.0. The summed E-state index contributed by atoms with van der Waals surface area (Å²) in [6.07, 6.45) is 12.4. The lowest BCUT2D eigenvalue weighted by Gasteiger charge is -2.18. The number of nitrogens with one attached hydrogen (secondary N) is 1. The van der Waals surface area contributed by atoms with Crippen LogP contribution in [0.2, 0.25) is 0 Å². The number of hydrazine groups is 1. The van der Waals surface area contributed by atoms with Crippen LogP contribution in [0.4, 0.5) is 0 Å². The van der Waals surface area contributed by atoms with Gasteiger partial charge >= 0.3 is 0 Å². The quantitative estimate of drug-likeness (QED) is 0.375. The summed E-state index contributed by atoms with van der Waals surface area (Å²) in [4.78, 5) is 0. The molecule has 2 nitrogen and oxygen atoms in total. The van der Waals surface area contributed by atoms with Crippen molar-refractivity contribution >= 4 is 0 Å². The molecule has 84 valence electrons. The van der Waals surface area contributed by atoms with Crippen LogP contribution in [0.1, 0.15) is 64.7 Å². The molecular weight excluding hydrogens is 172 g/mol. The van der Waals surface area contributed by atoms with Gasteiger partial charge in [-0.3, -0.25) is 11.3 Å². The Morgan fingerprint density at radius 3 is 2.64 bits per heavy atom. The molecule has 1 aliphatic rings. The molecule has 0 amide bonds. The lowest BCUT2D eigenvalue weighted by atomic mass is 9.96. The summed E-state index contributed by atoms with van der Waals surface area (Å²) in [5.41, 5.74) is 2.97. The monoisotopic (exact) mass is 198 g/mol. The average molecular weight is 198 g/mol. The molecule has 1 rings (SSSR count). The van der Waals surface area contributed by atoms with Gasteiger partial charge in [0.2, 0.25) is 0 Å². The van der Waals surface area contributed by atoms with Crippen molar-refractivity contribution in [3.8, 4) is 0 Å². The Balaban J connectivity index is 2.00. The molecule has 0 aliphatic heterocycles. The van der Waals surface area contributed by atoms with E-state index in [0.29, 0.717) is 6.04 Å². The van der Waals surface area contributed by atoms with Crippen LogP contribution >= 0.6 is 0 Å². The molecule has 1 saturated carbocycles. The van der Waals surface area contributed by atoms with Crippen molar-refractivity contribution in [2.75, 3.05) is 0 Å². The largest absolute Gasteiger partial charge is 0.271 e. The zero-order valence-corrected chi connectivity index (χ0v) is 9.60. The van der Waals surface area contributed by atoms with E-state index in [9.17, 15) is 0 Å². The minimum atomic E-state index is 0.612. The Bertz CT molecular complexity index is 136. The molecule has 0 saturated heterocycles. The highest BCUT2D eigenvalue weighted by Gasteiger charge is 2.25. The number of nitrogens with two attached hydrogens (primary N) is 1. The Hall–Kier alpha value is -0.0800. The van der Waals surface area contributed by atoms with Crippen LogP contribution < -0.4 is 11.3 Å². The molecule has 1 aliphatic carbocycles. The Kier molecular flexibility index (Phi) is 6.20. The van der Waals surface area contributed by atoms with Gasteiger partial charge in [0, 0.05) is 6.04 Å². The van der Waals surface area contributed by atoms with Crippen molar-refractivity contribution < 1.29 is 0 Å². The average Bonchev–Trinajstić information content (AvgIpc) is 2.65. The standard InChI is InChI=1S/C12H26N2/c1-2-3-4-5-6-8-11-9-7-10-12(11)14-13/h11-12,14H,2-10,13H2,1H3/t11-,12+/m0/s1. The molecule has 3 N–H and O–H groups in total. The van der Waals surface area contributed by atoms with E-state index in [-0.39, 0.29) is 0 Å². The molecule has 0 heterocycles. The molecule has 0 unspecified atom stereocenters. The number of hydrogen-bond donors (Lipinski definition) is 2. The Labute approximate surface area is 88.6 Å². The highest BCUT2D eigenvalue weighted by atomic mass is 15.2. The van der Waals surface area contributed by atoms with Crippen LogP contribution in [0, 0.1) is 5.92 Å². The second kappa shape index (κ2) is 7.24. The van der Waals surface area contributed by atoms with Crippen molar-refractivity contribution in [1.29, 1.82) is 0 Å². The maximum Gasteiger partial charge on any atom is 0.0238 e. The van der Waals surface area contributed by atoms with Crippen LogP contribution in [0.25, 0.3) is 0 Å². The predicted octanol–water partition coefficient (Wildman–Crippen LogP) is 2.98. The molecule has 0 spiro atoms. The van der Waals surface area contributed by atoms with Gasteiger partial charge < -0.3 is 0 Å². The number of rotatable bonds is 7. The van der Waals surface area contributed by atoms with Crippen LogP contribution in [0.5, 0.6) is 0 Å². The maximum atomic E-state index is 5.53. The van der Waals surface area contributed by atoms with E-state index in [0.717, 1.165) is 5.92 Å². The minimum Gasteiger partial charge on any atom is -0.271 e. The van der Waals surface area contributed by atoms with E-state index >= 15 is 0 Å². The molecule has 0 aromatic carbocycles. The molecule has 2 atom stereocenters. The summed E-state index contributed by atoms with van der Waals surface area (Å²) in [5, 5.41) is 0. The molecule has 2 heteroatoms. The highest BCUT2D eigenvalue weighted by molar-refractivity contribution is 4.81. The molecule has 14 heavy (non-hydrogen) atoms. The number of hydrogen-bond acceptors (Lipinski definition) is 2.